The molecule has 12 heteroatoms. The molecule has 1 aromatic heterocycles. The first-order valence-corrected chi connectivity index (χ1v) is 17.3. The first kappa shape index (κ1) is 35.0. The number of nitrogens with zero attached hydrogens (tertiary/aromatic N) is 4. The van der Waals surface area contributed by atoms with Gasteiger partial charge >= 0.3 is 0 Å². The number of aromatic nitrogens is 1. The Kier molecular flexibility index (Phi) is 10.3. The number of fused-ring (bicyclic) bond motifs is 3. The third-order valence-electron chi connectivity index (χ3n) is 8.64. The van der Waals surface area contributed by atoms with Gasteiger partial charge in [-0.25, -0.2) is 13.9 Å². The highest BCUT2D eigenvalue weighted by molar-refractivity contribution is 7.19. The van der Waals surface area contributed by atoms with E-state index in [1.54, 1.807) is 12.1 Å². The molecule has 2 aliphatic rings. The number of hydrogen-bond acceptors (Lipinski definition) is 9. The van der Waals surface area contributed by atoms with Gasteiger partial charge in [0, 0.05) is 78.2 Å². The number of hydrogen-bond donors (Lipinski definition) is 1. The largest absolute Gasteiger partial charge is 0.545 e. The number of anilines is 1. The minimum absolute atomic E-state index is 0.0327. The lowest BCUT2D eigenvalue weighted by molar-refractivity contribution is -0.254. The predicted octanol–water partition coefficient (Wildman–Crippen LogP) is 5.66. The summed E-state index contributed by atoms with van der Waals surface area (Å²) in [5.41, 5.74) is 3.91. The number of aromatic carboxylic acids is 1. The summed E-state index contributed by atoms with van der Waals surface area (Å²) >= 11 is 1.19. The van der Waals surface area contributed by atoms with E-state index in [1.165, 1.54) is 29.5 Å². The average Bonchev–Trinajstić information content (AvgIpc) is 3.52. The second-order valence-corrected chi connectivity index (χ2v) is 13.6. The van der Waals surface area contributed by atoms with Crippen LogP contribution in [0.4, 0.5) is 10.1 Å². The Morgan fingerprint density at radius 2 is 1.82 bits per heavy atom. The third-order valence-corrected chi connectivity index (χ3v) is 9.57. The number of unbranched alkanes of at least 4 members (excludes halogenated alkanes) is 3. The van der Waals surface area contributed by atoms with E-state index in [9.17, 15) is 19.1 Å². The predicted molar refractivity (Wildman–Crippen MR) is 195 cm³/mol. The molecule has 1 amide bonds. The number of thiazole rings is 1. The highest BCUT2D eigenvalue weighted by atomic mass is 32.1. The fourth-order valence-corrected chi connectivity index (χ4v) is 6.71. The van der Waals surface area contributed by atoms with Gasteiger partial charge in [0.2, 0.25) is 5.36 Å². The van der Waals surface area contributed by atoms with E-state index in [2.05, 4.69) is 10.3 Å². The maximum atomic E-state index is 14.4. The van der Waals surface area contributed by atoms with Crippen molar-refractivity contribution in [2.24, 2.45) is 0 Å². The van der Waals surface area contributed by atoms with E-state index in [0.717, 1.165) is 23.9 Å². The van der Waals surface area contributed by atoms with E-state index in [-0.39, 0.29) is 22.2 Å². The van der Waals surface area contributed by atoms with Crippen molar-refractivity contribution in [2.75, 3.05) is 46.2 Å². The molecule has 10 nitrogen and oxygen atoms in total. The van der Waals surface area contributed by atoms with Crippen LogP contribution >= 0.6 is 11.3 Å². The van der Waals surface area contributed by atoms with Crippen molar-refractivity contribution in [3.63, 3.8) is 0 Å². The van der Waals surface area contributed by atoms with Crippen LogP contribution in [0, 0.1) is 17.1 Å². The number of carbonyl (C=O) groups is 2. The Morgan fingerprint density at radius 3 is 2.57 bits per heavy atom. The fraction of sp³-hybridized carbons (Fsp3) is 0.256. The van der Waals surface area contributed by atoms with E-state index in [1.807, 2.05) is 80.1 Å². The minimum atomic E-state index is -1.35. The van der Waals surface area contributed by atoms with E-state index in [4.69, 9.17) is 14.4 Å². The van der Waals surface area contributed by atoms with E-state index >= 15 is 0 Å². The number of rotatable bonds is 12. The molecule has 0 radical (unpaired) electrons. The molecule has 0 fully saturated rings. The standard InChI is InChI=1S/C39H36FN5O5S/c1-44(2)24-10-13-27-32(18-24)50-33-19-25(45(3)4)11-14-28(33)37(27)29-17-23(9-12-26(29)39(47)48)38(46)42-15-7-5-6-8-16-49-34-21-35-31(20-30(34)40)43-36(22-41)51-35/h9-14,17-21H,5-8,15-16H2,1-4H3,(H-,42,46,47,48). The molecule has 4 aromatic rings. The van der Waals surface area contributed by atoms with Gasteiger partial charge in [-0.2, -0.15) is 5.26 Å². The molecule has 0 atom stereocenters. The van der Waals surface area contributed by atoms with Crippen LogP contribution in [0.5, 0.6) is 5.75 Å². The van der Waals surface area contributed by atoms with Gasteiger partial charge in [-0.05, 0) is 48.7 Å². The lowest BCUT2D eigenvalue weighted by Crippen LogP contribution is -2.26. The zero-order valence-electron chi connectivity index (χ0n) is 28.7. The van der Waals surface area contributed by atoms with Crippen LogP contribution in [0.3, 0.4) is 0 Å². The monoisotopic (exact) mass is 705 g/mol. The first-order valence-electron chi connectivity index (χ1n) is 16.5. The molecule has 0 unspecified atom stereocenters. The van der Waals surface area contributed by atoms with Gasteiger partial charge in [0.05, 0.1) is 28.9 Å². The summed E-state index contributed by atoms with van der Waals surface area (Å²) in [7, 11) is 7.72. The molecule has 0 saturated heterocycles. The quantitative estimate of drug-likeness (QED) is 0.0981. The van der Waals surface area contributed by atoms with E-state index < -0.39 is 11.8 Å². The number of ether oxygens (including phenoxy) is 1. The number of nitriles is 1. The molecule has 260 valence electrons. The van der Waals surface area contributed by atoms with Gasteiger partial charge in [-0.3, -0.25) is 4.79 Å². The van der Waals surface area contributed by atoms with Crippen LogP contribution < -0.4 is 30.0 Å². The number of benzene rings is 4. The minimum Gasteiger partial charge on any atom is -0.545 e. The van der Waals surface area contributed by atoms with Crippen LogP contribution in [0.1, 0.15) is 51.4 Å². The number of halogens is 1. The highest BCUT2D eigenvalue weighted by Gasteiger charge is 2.22. The van der Waals surface area contributed by atoms with Crippen molar-refractivity contribution in [3.8, 4) is 34.3 Å². The molecule has 1 N–H and O–H groups in total. The summed E-state index contributed by atoms with van der Waals surface area (Å²) in [5, 5.41) is 26.3. The Hall–Kier alpha value is -5.80. The first-order chi connectivity index (χ1) is 24.5. The van der Waals surface area contributed by atoms with Crippen molar-refractivity contribution in [2.45, 2.75) is 25.7 Å². The topological polar surface area (TPSA) is 135 Å². The summed E-state index contributed by atoms with van der Waals surface area (Å²) in [4.78, 5) is 31.8. The molecule has 0 spiro atoms. The van der Waals surface area contributed by atoms with Gasteiger partial charge in [0.25, 0.3) is 5.91 Å². The van der Waals surface area contributed by atoms with Crippen molar-refractivity contribution in [3.05, 3.63) is 94.0 Å². The van der Waals surface area contributed by atoms with Crippen molar-refractivity contribution < 1.29 is 28.2 Å². The number of carboxylic acids is 1. The fourth-order valence-electron chi connectivity index (χ4n) is 5.94. The second kappa shape index (κ2) is 15.0. The van der Waals surface area contributed by atoms with Crippen LogP contribution in [-0.4, -0.2) is 58.2 Å². The zero-order valence-corrected chi connectivity index (χ0v) is 29.5. The summed E-state index contributed by atoms with van der Waals surface area (Å²) in [6.45, 7) is 0.751. The SMILES string of the molecule is CN(C)c1ccc2c(-c3cc(C(=O)NCCCCCCOc4cc5sc(C#N)nc5cc4F)ccc3C(=O)[O-])c3ccc(=[N+](C)C)cc-3oc2c1. The van der Waals surface area contributed by atoms with Crippen LogP contribution in [0.25, 0.3) is 43.6 Å². The molecular formula is C39H36FN5O5S. The molecule has 0 saturated carbocycles. The lowest BCUT2D eigenvalue weighted by atomic mass is 9.89. The van der Waals surface area contributed by atoms with Gasteiger partial charge in [0.15, 0.2) is 16.6 Å². The molecule has 0 bridgehead atoms. The van der Waals surface area contributed by atoms with Crippen molar-refractivity contribution >= 4 is 50.1 Å². The smallest absolute Gasteiger partial charge is 0.251 e. The van der Waals surface area contributed by atoms with Crippen LogP contribution in [0.2, 0.25) is 0 Å². The number of carboxylic acid groups (broad SMARTS) is 1. The lowest BCUT2D eigenvalue weighted by Gasteiger charge is -2.20. The number of nitrogens with one attached hydrogen (secondary N) is 1. The molecule has 3 aromatic carbocycles. The Balaban J connectivity index is 1.15. The summed E-state index contributed by atoms with van der Waals surface area (Å²) in [5.74, 6) is -1.48. The van der Waals surface area contributed by atoms with Crippen molar-refractivity contribution in [1.82, 2.24) is 14.9 Å². The van der Waals surface area contributed by atoms with Gasteiger partial charge in [-0.15, -0.1) is 11.3 Å². The number of carbonyl (C=O) groups excluding carboxylic acids is 2. The van der Waals surface area contributed by atoms with Gasteiger partial charge in [-0.1, -0.05) is 18.9 Å². The molecule has 51 heavy (non-hydrogen) atoms. The third kappa shape index (κ3) is 7.54. The summed E-state index contributed by atoms with van der Waals surface area (Å²) in [6.07, 6.45) is 3.04. The van der Waals surface area contributed by atoms with Gasteiger partial charge < -0.3 is 29.3 Å². The zero-order chi connectivity index (χ0) is 36.2. The molecule has 1 aliphatic heterocycles. The summed E-state index contributed by atoms with van der Waals surface area (Å²) < 4.78 is 29.1. The second-order valence-electron chi connectivity index (χ2n) is 12.6. The maximum absolute atomic E-state index is 14.4. The molecule has 1 aliphatic carbocycles. The van der Waals surface area contributed by atoms with Gasteiger partial charge in [0.1, 0.15) is 31.5 Å². The van der Waals surface area contributed by atoms with Crippen molar-refractivity contribution in [1.29, 1.82) is 5.26 Å². The Bertz CT molecular complexity index is 2370. The molecular weight excluding hydrogens is 670 g/mol. The maximum Gasteiger partial charge on any atom is 0.251 e. The number of amides is 1. The van der Waals surface area contributed by atoms with Crippen LogP contribution in [0.15, 0.2) is 71.1 Å². The van der Waals surface area contributed by atoms with E-state index in [0.29, 0.717) is 75.2 Å². The average molecular weight is 706 g/mol. The Morgan fingerprint density at radius 1 is 1.02 bits per heavy atom. The Labute approximate surface area is 298 Å². The molecule has 6 rings (SSSR count). The normalized spacial score (nSPS) is 11.1. The summed E-state index contributed by atoms with van der Waals surface area (Å²) in [6, 6.07) is 20.9. The highest BCUT2D eigenvalue weighted by Crippen LogP contribution is 2.42. The molecule has 2 heterocycles. The van der Waals surface area contributed by atoms with Crippen LogP contribution in [-0.2, 0) is 0 Å².